The monoisotopic (exact) mass is 312 g/mol. The normalized spacial score (nSPS) is 10.7. The lowest BCUT2D eigenvalue weighted by atomic mass is 10.2. The van der Waals surface area contributed by atoms with Crippen LogP contribution in [-0.4, -0.2) is 20.9 Å². The Bertz CT molecular complexity index is 858. The molecule has 1 N–H and O–H groups in total. The van der Waals surface area contributed by atoms with Gasteiger partial charge in [-0.1, -0.05) is 30.3 Å². The van der Waals surface area contributed by atoms with Crippen molar-refractivity contribution in [1.29, 1.82) is 0 Å². The number of amides is 1. The molecule has 23 heavy (non-hydrogen) atoms. The highest BCUT2D eigenvalue weighted by atomic mass is 16.5. The summed E-state index contributed by atoms with van der Waals surface area (Å²) in [6, 6.07) is 11.4. The molecular weight excluding hydrogens is 294 g/mol. The lowest BCUT2D eigenvalue weighted by Crippen LogP contribution is -2.32. The lowest BCUT2D eigenvalue weighted by molar-refractivity contribution is -0.508. The van der Waals surface area contributed by atoms with Crippen molar-refractivity contribution in [2.75, 3.05) is 5.32 Å². The Kier molecular flexibility index (Phi) is 3.92. The highest BCUT2D eigenvalue weighted by molar-refractivity contribution is 5.81. The third-order valence-corrected chi connectivity index (χ3v) is 3.44. The summed E-state index contributed by atoms with van der Waals surface area (Å²) in [6.45, 7) is 3.99. The number of hydrogen-bond acceptors (Lipinski definition) is 4. The van der Waals surface area contributed by atoms with E-state index in [0.29, 0.717) is 5.95 Å². The van der Waals surface area contributed by atoms with Crippen LogP contribution >= 0.6 is 0 Å². The van der Waals surface area contributed by atoms with E-state index in [1.54, 1.807) is 9.08 Å². The lowest BCUT2D eigenvalue weighted by Gasteiger charge is -2.03. The Morgan fingerprint density at radius 1 is 1.30 bits per heavy atom. The first-order chi connectivity index (χ1) is 11.0. The van der Waals surface area contributed by atoms with Gasteiger partial charge in [-0.15, -0.1) is 0 Å². The van der Waals surface area contributed by atoms with Crippen molar-refractivity contribution >= 4 is 17.7 Å². The first-order valence-corrected chi connectivity index (χ1v) is 7.25. The SMILES string of the molecule is Cc1cc2n(C)nc(NC(=O)OCc3ccccc3)[n+]2c(C)n1. The zero-order valence-electron chi connectivity index (χ0n) is 13.3. The van der Waals surface area contributed by atoms with Gasteiger partial charge in [0, 0.05) is 13.0 Å². The molecule has 1 amide bonds. The minimum absolute atomic E-state index is 0.207. The van der Waals surface area contributed by atoms with Gasteiger partial charge in [0.25, 0.3) is 0 Å². The van der Waals surface area contributed by atoms with Gasteiger partial charge < -0.3 is 4.74 Å². The minimum Gasteiger partial charge on any atom is -0.437 e. The van der Waals surface area contributed by atoms with E-state index in [-0.39, 0.29) is 6.61 Å². The molecule has 0 saturated carbocycles. The third kappa shape index (κ3) is 3.13. The Labute approximate surface area is 133 Å². The summed E-state index contributed by atoms with van der Waals surface area (Å²) in [5.74, 6) is 1.12. The number of hydrogen-bond donors (Lipinski definition) is 1. The van der Waals surface area contributed by atoms with E-state index < -0.39 is 6.09 Å². The summed E-state index contributed by atoms with van der Waals surface area (Å²) < 4.78 is 8.68. The summed E-state index contributed by atoms with van der Waals surface area (Å²) in [7, 11) is 1.81. The van der Waals surface area contributed by atoms with E-state index in [4.69, 9.17) is 4.74 Å². The zero-order valence-corrected chi connectivity index (χ0v) is 13.3. The third-order valence-electron chi connectivity index (χ3n) is 3.44. The van der Waals surface area contributed by atoms with E-state index in [9.17, 15) is 4.79 Å². The average Bonchev–Trinajstić information content (AvgIpc) is 2.82. The largest absolute Gasteiger partial charge is 0.451 e. The molecule has 0 bridgehead atoms. The van der Waals surface area contributed by atoms with E-state index in [1.165, 1.54) is 0 Å². The second kappa shape index (κ2) is 6.04. The van der Waals surface area contributed by atoms with Crippen LogP contribution in [0.15, 0.2) is 36.4 Å². The number of aryl methyl sites for hydroxylation is 3. The van der Waals surface area contributed by atoms with Crippen molar-refractivity contribution in [2.45, 2.75) is 20.5 Å². The van der Waals surface area contributed by atoms with Gasteiger partial charge in [0.2, 0.25) is 5.65 Å². The molecule has 2 heterocycles. The number of benzene rings is 1. The molecule has 0 spiro atoms. The fraction of sp³-hybridized carbons (Fsp3) is 0.250. The van der Waals surface area contributed by atoms with Gasteiger partial charge in [-0.3, -0.25) is 0 Å². The fourth-order valence-electron chi connectivity index (χ4n) is 2.42. The summed E-state index contributed by atoms with van der Waals surface area (Å²) in [5.41, 5.74) is 2.66. The number of carbonyl (C=O) groups excluding carboxylic acids is 1. The first kappa shape index (κ1) is 15.0. The van der Waals surface area contributed by atoms with Crippen LogP contribution in [0.3, 0.4) is 0 Å². The Morgan fingerprint density at radius 2 is 2.04 bits per heavy atom. The Morgan fingerprint density at radius 3 is 2.78 bits per heavy atom. The van der Waals surface area contributed by atoms with E-state index in [0.717, 1.165) is 22.7 Å². The average molecular weight is 312 g/mol. The molecule has 0 aliphatic rings. The van der Waals surface area contributed by atoms with Crippen molar-refractivity contribution in [3.8, 4) is 0 Å². The van der Waals surface area contributed by atoms with Crippen molar-refractivity contribution in [2.24, 2.45) is 7.05 Å². The second-order valence-electron chi connectivity index (χ2n) is 5.27. The topological polar surface area (TPSA) is 73.1 Å². The van der Waals surface area contributed by atoms with Gasteiger partial charge in [0.1, 0.15) is 6.61 Å². The highest BCUT2D eigenvalue weighted by Gasteiger charge is 2.21. The van der Waals surface area contributed by atoms with Crippen LogP contribution in [0.1, 0.15) is 17.1 Å². The number of anilines is 1. The molecular formula is C16H18N5O2+. The molecule has 7 nitrogen and oxygen atoms in total. The summed E-state index contributed by atoms with van der Waals surface area (Å²) in [6.07, 6.45) is -0.554. The van der Waals surface area contributed by atoms with Gasteiger partial charge in [-0.05, 0) is 17.6 Å². The van der Waals surface area contributed by atoms with Crippen LogP contribution in [0.4, 0.5) is 10.7 Å². The van der Waals surface area contributed by atoms with Crippen LogP contribution in [0.2, 0.25) is 0 Å². The number of aromatic nitrogens is 4. The molecule has 0 saturated heterocycles. The molecule has 0 fully saturated rings. The molecule has 1 aromatic carbocycles. The van der Waals surface area contributed by atoms with Crippen LogP contribution in [0.25, 0.3) is 5.65 Å². The van der Waals surface area contributed by atoms with Gasteiger partial charge in [-0.2, -0.15) is 14.1 Å². The van der Waals surface area contributed by atoms with Crippen molar-refractivity contribution in [1.82, 2.24) is 14.8 Å². The van der Waals surface area contributed by atoms with Crippen LogP contribution in [0, 0.1) is 13.8 Å². The Balaban J connectivity index is 1.77. The molecule has 2 aromatic heterocycles. The molecule has 3 rings (SSSR count). The van der Waals surface area contributed by atoms with E-state index in [2.05, 4.69) is 15.4 Å². The van der Waals surface area contributed by atoms with Crippen molar-refractivity contribution in [3.05, 3.63) is 53.5 Å². The molecule has 0 atom stereocenters. The standard InChI is InChI=1S/C16H17N5O2/c1-11-9-14-20(3)19-15(21(14)12(2)17-11)18-16(22)23-10-13-7-5-4-6-8-13/h4-9H,10H2,1-3H3/p+1. The number of fused-ring (bicyclic) bond motifs is 1. The number of rotatable bonds is 3. The van der Waals surface area contributed by atoms with Crippen LogP contribution in [0.5, 0.6) is 0 Å². The summed E-state index contributed by atoms with van der Waals surface area (Å²) >= 11 is 0. The maximum absolute atomic E-state index is 12.0. The quantitative estimate of drug-likeness (QED) is 0.750. The number of carbonyl (C=O) groups is 1. The maximum Gasteiger partial charge on any atom is 0.451 e. The van der Waals surface area contributed by atoms with Gasteiger partial charge in [0.15, 0.2) is 5.82 Å². The zero-order chi connectivity index (χ0) is 16.4. The molecule has 3 aromatic rings. The van der Waals surface area contributed by atoms with Crippen molar-refractivity contribution in [3.63, 3.8) is 0 Å². The van der Waals surface area contributed by atoms with Crippen LogP contribution in [-0.2, 0) is 18.4 Å². The van der Waals surface area contributed by atoms with Gasteiger partial charge in [0.05, 0.1) is 12.7 Å². The molecule has 0 radical (unpaired) electrons. The molecule has 0 aliphatic carbocycles. The summed E-state index contributed by atoms with van der Waals surface area (Å²) in [5, 5.41) is 6.98. The molecule has 118 valence electrons. The van der Waals surface area contributed by atoms with E-state index >= 15 is 0 Å². The minimum atomic E-state index is -0.554. The van der Waals surface area contributed by atoms with E-state index in [1.807, 2.05) is 57.3 Å². The summed E-state index contributed by atoms with van der Waals surface area (Å²) in [4.78, 5) is 16.4. The van der Waals surface area contributed by atoms with Gasteiger partial charge in [-0.25, -0.2) is 10.1 Å². The molecule has 0 unspecified atom stereocenters. The van der Waals surface area contributed by atoms with Crippen LogP contribution < -0.4 is 9.72 Å². The first-order valence-electron chi connectivity index (χ1n) is 7.25. The fourth-order valence-corrected chi connectivity index (χ4v) is 2.42. The highest BCUT2D eigenvalue weighted by Crippen LogP contribution is 2.07. The number of nitrogens with zero attached hydrogens (tertiary/aromatic N) is 4. The Hall–Kier alpha value is -2.96. The predicted molar refractivity (Wildman–Crippen MR) is 83.9 cm³/mol. The molecule has 7 heteroatoms. The number of nitrogens with one attached hydrogen (secondary N) is 1. The second-order valence-corrected chi connectivity index (χ2v) is 5.27. The van der Waals surface area contributed by atoms with Crippen molar-refractivity contribution < 1.29 is 13.9 Å². The van der Waals surface area contributed by atoms with Gasteiger partial charge >= 0.3 is 12.0 Å². The predicted octanol–water partition coefficient (Wildman–Crippen LogP) is 1.92. The smallest absolute Gasteiger partial charge is 0.437 e. The number of ether oxygens (including phenoxy) is 1. The molecule has 0 aliphatic heterocycles. The maximum atomic E-state index is 12.0.